The van der Waals surface area contributed by atoms with Crippen molar-refractivity contribution in [2.75, 3.05) is 19.7 Å². The molecule has 2 aliphatic rings. The summed E-state index contributed by atoms with van der Waals surface area (Å²) in [7, 11) is 0. The zero-order chi connectivity index (χ0) is 10.1. The molecule has 4 nitrogen and oxygen atoms in total. The third-order valence-corrected chi connectivity index (χ3v) is 3.32. The van der Waals surface area contributed by atoms with E-state index in [0.717, 1.165) is 31.8 Å². The van der Waals surface area contributed by atoms with Crippen LogP contribution in [0, 0.1) is 0 Å². The molecule has 1 unspecified atom stereocenters. The third kappa shape index (κ3) is 1.68. The SMILES string of the molecule is C1CCc2c(C3CNCCO3)n[nH]c2C1. The van der Waals surface area contributed by atoms with Gasteiger partial charge in [-0.3, -0.25) is 5.10 Å². The van der Waals surface area contributed by atoms with Gasteiger partial charge in [0.2, 0.25) is 0 Å². The maximum Gasteiger partial charge on any atom is 0.114 e. The predicted octanol–water partition coefficient (Wildman–Crippen LogP) is 0.949. The van der Waals surface area contributed by atoms with Gasteiger partial charge in [0.25, 0.3) is 0 Å². The van der Waals surface area contributed by atoms with Gasteiger partial charge in [0.15, 0.2) is 0 Å². The fourth-order valence-electron chi connectivity index (χ4n) is 2.51. The van der Waals surface area contributed by atoms with Crippen LogP contribution >= 0.6 is 0 Å². The number of hydrogen-bond donors (Lipinski definition) is 2. The van der Waals surface area contributed by atoms with Crippen molar-refractivity contribution in [2.24, 2.45) is 0 Å². The number of aromatic amines is 1. The molecule has 1 fully saturated rings. The first kappa shape index (κ1) is 9.36. The minimum atomic E-state index is 0.164. The molecule has 0 aromatic carbocycles. The fraction of sp³-hybridized carbons (Fsp3) is 0.727. The minimum Gasteiger partial charge on any atom is -0.369 e. The predicted molar refractivity (Wildman–Crippen MR) is 56.8 cm³/mol. The Morgan fingerprint density at radius 1 is 1.27 bits per heavy atom. The van der Waals surface area contributed by atoms with Crippen LogP contribution < -0.4 is 5.32 Å². The number of hydrogen-bond acceptors (Lipinski definition) is 3. The first-order chi connectivity index (χ1) is 7.45. The maximum absolute atomic E-state index is 5.74. The molecule has 2 N–H and O–H groups in total. The van der Waals surface area contributed by atoms with E-state index in [0.29, 0.717) is 0 Å². The second-order valence-corrected chi connectivity index (χ2v) is 4.34. The number of nitrogens with zero attached hydrogens (tertiary/aromatic N) is 1. The van der Waals surface area contributed by atoms with Gasteiger partial charge in [-0.2, -0.15) is 5.10 Å². The summed E-state index contributed by atoms with van der Waals surface area (Å²) in [5.41, 5.74) is 3.91. The summed E-state index contributed by atoms with van der Waals surface area (Å²) in [6.45, 7) is 2.66. The normalized spacial score (nSPS) is 26.3. The fourth-order valence-corrected chi connectivity index (χ4v) is 2.51. The molecule has 2 heterocycles. The first-order valence-electron chi connectivity index (χ1n) is 5.83. The standard InChI is InChI=1S/C11H17N3O/c1-2-4-9-8(3-1)11(14-13-9)10-7-12-5-6-15-10/h10,12H,1-7H2,(H,13,14). The second-order valence-electron chi connectivity index (χ2n) is 4.34. The monoisotopic (exact) mass is 207 g/mol. The van der Waals surface area contributed by atoms with Crippen LogP contribution in [0.4, 0.5) is 0 Å². The van der Waals surface area contributed by atoms with Crippen LogP contribution in [-0.2, 0) is 17.6 Å². The van der Waals surface area contributed by atoms with Gasteiger partial charge in [-0.25, -0.2) is 0 Å². The van der Waals surface area contributed by atoms with Crippen LogP contribution in [0.15, 0.2) is 0 Å². The molecule has 1 aromatic rings. The van der Waals surface area contributed by atoms with Crippen LogP contribution in [0.3, 0.4) is 0 Å². The molecule has 82 valence electrons. The highest BCUT2D eigenvalue weighted by molar-refractivity contribution is 5.29. The summed E-state index contributed by atoms with van der Waals surface area (Å²) in [5.74, 6) is 0. The van der Waals surface area contributed by atoms with Gasteiger partial charge >= 0.3 is 0 Å². The van der Waals surface area contributed by atoms with E-state index in [4.69, 9.17) is 4.74 Å². The van der Waals surface area contributed by atoms with Crippen LogP contribution in [0.1, 0.15) is 35.9 Å². The van der Waals surface area contributed by atoms with Crippen molar-refractivity contribution < 1.29 is 4.74 Å². The number of H-pyrrole nitrogens is 1. The Hall–Kier alpha value is -0.870. The first-order valence-corrected chi connectivity index (χ1v) is 5.83. The zero-order valence-electron chi connectivity index (χ0n) is 8.88. The smallest absolute Gasteiger partial charge is 0.114 e. The van der Waals surface area contributed by atoms with Crippen molar-refractivity contribution >= 4 is 0 Å². The molecule has 15 heavy (non-hydrogen) atoms. The number of fused-ring (bicyclic) bond motifs is 1. The Bertz CT molecular complexity index is 342. The van der Waals surface area contributed by atoms with E-state index in [2.05, 4.69) is 15.5 Å². The van der Waals surface area contributed by atoms with Crippen molar-refractivity contribution in [2.45, 2.75) is 31.8 Å². The van der Waals surface area contributed by atoms with E-state index in [1.165, 1.54) is 30.5 Å². The van der Waals surface area contributed by atoms with Gasteiger partial charge in [-0.15, -0.1) is 0 Å². The van der Waals surface area contributed by atoms with E-state index in [1.54, 1.807) is 0 Å². The Morgan fingerprint density at radius 2 is 2.20 bits per heavy atom. The van der Waals surface area contributed by atoms with Crippen LogP contribution in [0.25, 0.3) is 0 Å². The molecule has 1 saturated heterocycles. The number of aryl methyl sites for hydroxylation is 1. The molecule has 1 atom stereocenters. The molecule has 0 radical (unpaired) electrons. The quantitative estimate of drug-likeness (QED) is 0.721. The van der Waals surface area contributed by atoms with E-state index in [1.807, 2.05) is 0 Å². The second kappa shape index (κ2) is 3.94. The molecule has 0 saturated carbocycles. The highest BCUT2D eigenvalue weighted by atomic mass is 16.5. The van der Waals surface area contributed by atoms with Crippen molar-refractivity contribution in [3.63, 3.8) is 0 Å². The van der Waals surface area contributed by atoms with Crippen molar-refractivity contribution in [3.8, 4) is 0 Å². The molecule has 0 spiro atoms. The summed E-state index contributed by atoms with van der Waals surface area (Å²) in [6, 6.07) is 0. The van der Waals surface area contributed by atoms with Crippen molar-refractivity contribution in [1.29, 1.82) is 0 Å². The lowest BCUT2D eigenvalue weighted by atomic mass is 9.94. The summed E-state index contributed by atoms with van der Waals surface area (Å²) in [5, 5.41) is 10.9. The number of aromatic nitrogens is 2. The molecule has 4 heteroatoms. The molecular weight excluding hydrogens is 190 g/mol. The van der Waals surface area contributed by atoms with Gasteiger partial charge < -0.3 is 10.1 Å². The van der Waals surface area contributed by atoms with E-state index in [-0.39, 0.29) is 6.10 Å². The lowest BCUT2D eigenvalue weighted by molar-refractivity contribution is 0.0244. The lowest BCUT2D eigenvalue weighted by Gasteiger charge is -2.23. The van der Waals surface area contributed by atoms with Crippen LogP contribution in [-0.4, -0.2) is 29.9 Å². The topological polar surface area (TPSA) is 49.9 Å². The highest BCUT2D eigenvalue weighted by Gasteiger charge is 2.25. The summed E-state index contributed by atoms with van der Waals surface area (Å²) in [4.78, 5) is 0. The van der Waals surface area contributed by atoms with E-state index < -0.39 is 0 Å². The number of ether oxygens (including phenoxy) is 1. The van der Waals surface area contributed by atoms with Crippen molar-refractivity contribution in [1.82, 2.24) is 15.5 Å². The minimum absolute atomic E-state index is 0.164. The molecule has 3 rings (SSSR count). The number of morpholine rings is 1. The van der Waals surface area contributed by atoms with Crippen LogP contribution in [0.5, 0.6) is 0 Å². The Labute approximate surface area is 89.4 Å². The van der Waals surface area contributed by atoms with Gasteiger partial charge in [-0.05, 0) is 31.2 Å². The molecular formula is C11H17N3O. The van der Waals surface area contributed by atoms with Gasteiger partial charge in [0.1, 0.15) is 6.10 Å². The summed E-state index contributed by atoms with van der Waals surface area (Å²) < 4.78 is 5.74. The van der Waals surface area contributed by atoms with Gasteiger partial charge in [0.05, 0.1) is 12.3 Å². The molecule has 1 aliphatic heterocycles. The lowest BCUT2D eigenvalue weighted by Crippen LogP contribution is -2.34. The Balaban J connectivity index is 1.87. The van der Waals surface area contributed by atoms with Crippen LogP contribution in [0.2, 0.25) is 0 Å². The molecule has 1 aromatic heterocycles. The summed E-state index contributed by atoms with van der Waals surface area (Å²) >= 11 is 0. The largest absolute Gasteiger partial charge is 0.369 e. The van der Waals surface area contributed by atoms with E-state index >= 15 is 0 Å². The Kier molecular flexibility index (Phi) is 2.46. The average molecular weight is 207 g/mol. The molecule has 0 amide bonds. The van der Waals surface area contributed by atoms with Crippen molar-refractivity contribution in [3.05, 3.63) is 17.0 Å². The number of nitrogens with one attached hydrogen (secondary N) is 2. The maximum atomic E-state index is 5.74. The average Bonchev–Trinajstić information content (AvgIpc) is 2.74. The van der Waals surface area contributed by atoms with Gasteiger partial charge in [-0.1, -0.05) is 0 Å². The van der Waals surface area contributed by atoms with E-state index in [9.17, 15) is 0 Å². The zero-order valence-corrected chi connectivity index (χ0v) is 8.88. The molecule has 0 bridgehead atoms. The highest BCUT2D eigenvalue weighted by Crippen LogP contribution is 2.28. The Morgan fingerprint density at radius 3 is 3.07 bits per heavy atom. The molecule has 1 aliphatic carbocycles. The summed E-state index contributed by atoms with van der Waals surface area (Å²) in [6.07, 6.45) is 5.07. The third-order valence-electron chi connectivity index (χ3n) is 3.32. The van der Waals surface area contributed by atoms with Gasteiger partial charge in [0, 0.05) is 18.8 Å². The number of rotatable bonds is 1.